The lowest BCUT2D eigenvalue weighted by Crippen LogP contribution is -2.66. The van der Waals surface area contributed by atoms with Gasteiger partial charge in [0.15, 0.2) is 72.2 Å². The van der Waals surface area contributed by atoms with Gasteiger partial charge in [0.25, 0.3) is 17.7 Å². The van der Waals surface area contributed by atoms with Crippen molar-refractivity contribution in [3.63, 3.8) is 0 Å². The summed E-state index contributed by atoms with van der Waals surface area (Å²) in [6.45, 7) is 8.10. The van der Waals surface area contributed by atoms with Crippen LogP contribution in [0.25, 0.3) is 0 Å². The number of anilines is 3. The summed E-state index contributed by atoms with van der Waals surface area (Å²) in [6, 6.07) is 16.0. The van der Waals surface area contributed by atoms with Crippen LogP contribution in [0.5, 0.6) is 0 Å². The zero-order valence-corrected chi connectivity index (χ0v) is 61.8. The molecule has 3 saturated carbocycles. The number of nitrogens with zero attached hydrogens (tertiary/aromatic N) is 6. The summed E-state index contributed by atoms with van der Waals surface area (Å²) in [5.74, 6) is -0.180. The Morgan fingerprint density at radius 3 is 0.894 bits per heavy atom. The number of hydrogen-bond donors (Lipinski definition) is 6. The van der Waals surface area contributed by atoms with Crippen molar-refractivity contribution in [1.29, 1.82) is 0 Å². The Labute approximate surface area is 615 Å². The van der Waals surface area contributed by atoms with E-state index in [1.165, 1.54) is 52.8 Å². The van der Waals surface area contributed by atoms with Crippen LogP contribution in [-0.2, 0) is 64.3 Å². The Hall–Kier alpha value is -6.58. The maximum atomic E-state index is 13.6. The standard InChI is InChI=1S/3C24H31N3O5S.H3O4P/c3*28-22(25-21-10-13-31-26-21)16-27-11-8-17(9-12-27)19(15-27)32-23(29)24(30,20-7-4-14-33-20)18-5-2-1-3-6-18;1-5(2,3)4/h3*4,7,10,13-14,17-19,30H,1-3,5-6,8-9,11-12,15-16H2;(H3,1,2,3,4)/t2*17?,19?,24-,27?;17?,19-,24+,27?;/m110./s1. The predicted octanol–water partition coefficient (Wildman–Crippen LogP) is 7.06. The van der Waals surface area contributed by atoms with Crippen molar-refractivity contribution in [3.05, 3.63) is 104 Å². The Kier molecular flexibility index (Phi) is 25.0. The van der Waals surface area contributed by atoms with Gasteiger partial charge in [-0.1, -0.05) is 91.5 Å². The van der Waals surface area contributed by atoms with Gasteiger partial charge in [0, 0.05) is 107 Å². The van der Waals surface area contributed by atoms with Gasteiger partial charge in [-0.15, -0.1) is 34.0 Å². The van der Waals surface area contributed by atoms with E-state index in [-0.39, 0.29) is 71.5 Å². The summed E-state index contributed by atoms with van der Waals surface area (Å²) >= 11 is 4.25. The Morgan fingerprint density at radius 2 is 0.683 bits per heavy atom. The number of aliphatic hydroxyl groups is 3. The molecule has 2 unspecified atom stereocenters. The molecule has 6 aromatic rings. The molecule has 6 N–H and O–H groups in total. The molecular weight excluding hydrogens is 1420 g/mol. The first-order valence-corrected chi connectivity index (χ1v) is 40.9. The largest absolute Gasteiger partial charge is 0.822 e. The van der Waals surface area contributed by atoms with Gasteiger partial charge < -0.3 is 91.7 Å². The molecule has 18 rings (SSSR count). The fourth-order valence-electron chi connectivity index (χ4n) is 18.2. The normalized spacial score (nSPS) is 28.5. The minimum Gasteiger partial charge on any atom is -0.822 e. The van der Waals surface area contributed by atoms with E-state index >= 15 is 0 Å². The molecule has 28 nitrogen and oxygen atoms in total. The average molecular weight is 1520 g/mol. The van der Waals surface area contributed by atoms with Crippen molar-refractivity contribution in [2.45, 2.75) is 170 Å². The summed E-state index contributed by atoms with van der Waals surface area (Å²) in [7, 11) is -5.39. The zero-order chi connectivity index (χ0) is 73.2. The monoisotopic (exact) mass is 1520 g/mol. The number of fused-ring (bicyclic) bond motifs is 9. The predicted molar refractivity (Wildman–Crippen MR) is 374 cm³/mol. The Bertz CT molecular complexity index is 3400. The highest BCUT2D eigenvalue weighted by Gasteiger charge is 2.57. The second-order valence-electron chi connectivity index (χ2n) is 30.2. The third-order valence-corrected chi connectivity index (χ3v) is 26.6. The second-order valence-corrected chi connectivity index (χ2v) is 34.0. The van der Waals surface area contributed by atoms with Gasteiger partial charge in [-0.3, -0.25) is 14.4 Å². The molecule has 6 atom stereocenters. The smallest absolute Gasteiger partial charge is 0.344 e. The van der Waals surface area contributed by atoms with Crippen LogP contribution in [0.15, 0.2) is 103 Å². The SMILES string of the molecule is O=C(C[N+]12CCC(CC1)C(OC(=O)[C@](O)(c1cccs1)C1CCCCC1)C2)Nc1ccon1.O=C(C[N+]12CCC(CC1)C(OC(=O)[C@](O)(c1cccs1)C1CCCCC1)C2)Nc1ccon1.O=C(C[N+]12CCC(CC1)[C@@H](OC(=O)[C@](O)(c1cccs1)C1CCCCC1)C2)Nc1ccon1.O=P([O-])([O-])[O-]. The van der Waals surface area contributed by atoms with E-state index in [9.17, 15) is 44.1 Å². The molecule has 0 aromatic carbocycles. The molecule has 566 valence electrons. The first kappa shape index (κ1) is 77.0. The third-order valence-electron chi connectivity index (χ3n) is 23.7. The van der Waals surface area contributed by atoms with Crippen molar-refractivity contribution in [2.75, 3.05) is 94.5 Å². The van der Waals surface area contributed by atoms with Crippen LogP contribution in [0.1, 0.15) is 149 Å². The lowest BCUT2D eigenvalue weighted by molar-refractivity contribution is -0.939. The number of hydrogen-bond acceptors (Lipinski definition) is 25. The van der Waals surface area contributed by atoms with Crippen LogP contribution in [-0.4, -0.2) is 177 Å². The molecule has 9 aliphatic heterocycles. The molecule has 104 heavy (non-hydrogen) atoms. The summed E-state index contributed by atoms with van der Waals surface area (Å²) in [5, 5.41) is 60.6. The molecule has 3 aliphatic carbocycles. The van der Waals surface area contributed by atoms with Gasteiger partial charge in [-0.25, -0.2) is 14.4 Å². The highest BCUT2D eigenvalue weighted by molar-refractivity contribution is 7.40. The molecule has 0 radical (unpaired) electrons. The molecular formula is C72H96N9O19PS3. The van der Waals surface area contributed by atoms with Crippen molar-refractivity contribution in [2.24, 2.45) is 35.5 Å². The first-order valence-electron chi connectivity index (χ1n) is 36.8. The maximum Gasteiger partial charge on any atom is 0.344 e. The van der Waals surface area contributed by atoms with Gasteiger partial charge in [-0.05, 0) is 72.9 Å². The van der Waals surface area contributed by atoms with E-state index in [0.717, 1.165) is 174 Å². The number of piperidine rings is 9. The van der Waals surface area contributed by atoms with Crippen LogP contribution in [0, 0.1) is 35.5 Å². The van der Waals surface area contributed by atoms with Crippen molar-refractivity contribution in [1.82, 2.24) is 15.5 Å². The number of amides is 3. The molecule has 15 heterocycles. The number of aromatic nitrogens is 3. The molecule has 32 heteroatoms. The molecule has 12 aliphatic rings. The van der Waals surface area contributed by atoms with E-state index in [2.05, 4.69) is 31.4 Å². The van der Waals surface area contributed by atoms with Gasteiger partial charge in [0.1, 0.15) is 38.4 Å². The fourth-order valence-corrected chi connectivity index (χ4v) is 20.8. The maximum absolute atomic E-state index is 13.6. The van der Waals surface area contributed by atoms with Crippen molar-refractivity contribution in [3.8, 4) is 0 Å². The number of quaternary nitrogens is 3. The number of esters is 3. The van der Waals surface area contributed by atoms with Gasteiger partial charge in [0.05, 0.1) is 39.3 Å². The first-order chi connectivity index (χ1) is 50.0. The summed E-state index contributed by atoms with van der Waals surface area (Å²) < 4.78 is 43.1. The summed E-state index contributed by atoms with van der Waals surface area (Å²) in [6.07, 6.45) is 23.5. The Balaban J connectivity index is 0.000000142. The minimum atomic E-state index is -5.39. The van der Waals surface area contributed by atoms with E-state index < -0.39 is 42.5 Å². The second kappa shape index (κ2) is 33.7. The van der Waals surface area contributed by atoms with Crippen molar-refractivity contribution < 1.29 is 105 Å². The van der Waals surface area contributed by atoms with E-state index in [1.54, 1.807) is 18.2 Å². The topological polar surface area (TPSA) is 391 Å². The van der Waals surface area contributed by atoms with Gasteiger partial charge in [-0.2, -0.15) is 7.82 Å². The quantitative estimate of drug-likeness (QED) is 0.0182. The van der Waals surface area contributed by atoms with Crippen LogP contribution >= 0.6 is 41.8 Å². The van der Waals surface area contributed by atoms with E-state index in [0.29, 0.717) is 84.8 Å². The number of thiophene rings is 3. The molecule has 6 bridgehead atoms. The highest BCUT2D eigenvalue weighted by Crippen LogP contribution is 2.48. The van der Waals surface area contributed by atoms with Crippen LogP contribution in [0.3, 0.4) is 0 Å². The average Bonchev–Trinajstić information content (AvgIpc) is 1.16. The van der Waals surface area contributed by atoms with Crippen LogP contribution in [0.2, 0.25) is 0 Å². The van der Waals surface area contributed by atoms with Gasteiger partial charge in [0.2, 0.25) is 0 Å². The molecule has 0 spiro atoms. The van der Waals surface area contributed by atoms with Crippen LogP contribution in [0.4, 0.5) is 17.5 Å². The fraction of sp³-hybridized carbons (Fsp3) is 0.625. The third kappa shape index (κ3) is 18.3. The minimum absolute atomic E-state index is 0.116. The molecule has 12 fully saturated rings. The Morgan fingerprint density at radius 1 is 0.433 bits per heavy atom. The van der Waals surface area contributed by atoms with Gasteiger partial charge >= 0.3 is 17.9 Å². The summed E-state index contributed by atoms with van der Waals surface area (Å²) in [5.41, 5.74) is -4.76. The van der Waals surface area contributed by atoms with Crippen LogP contribution < -0.4 is 30.6 Å². The number of carbonyl (C=O) groups is 6. The number of ether oxygens (including phenoxy) is 3. The molecule has 3 amide bonds. The number of rotatable bonds is 21. The number of carbonyl (C=O) groups excluding carboxylic acids is 6. The van der Waals surface area contributed by atoms with E-state index in [4.69, 9.17) is 47.0 Å². The highest BCUT2D eigenvalue weighted by atomic mass is 32.1. The summed E-state index contributed by atoms with van der Waals surface area (Å²) in [4.78, 5) is 106. The molecule has 9 saturated heterocycles. The van der Waals surface area contributed by atoms with Crippen molar-refractivity contribution >= 4 is 94.9 Å². The lowest BCUT2D eigenvalue weighted by Gasteiger charge is -2.52. The number of phosphoric acid groups is 1. The zero-order valence-electron chi connectivity index (χ0n) is 58.4. The molecule has 6 aromatic heterocycles. The van der Waals surface area contributed by atoms with E-state index in [1.807, 2.05) is 52.5 Å². The number of nitrogens with one attached hydrogen (secondary N) is 3. The lowest BCUT2D eigenvalue weighted by atomic mass is 9.75.